The van der Waals surface area contributed by atoms with Gasteiger partial charge in [-0.25, -0.2) is 9.78 Å². The summed E-state index contributed by atoms with van der Waals surface area (Å²) in [7, 11) is 0. The fourth-order valence-corrected chi connectivity index (χ4v) is 2.21. The molecule has 1 aliphatic rings. The zero-order valence-electron chi connectivity index (χ0n) is 10.0. The van der Waals surface area contributed by atoms with Gasteiger partial charge in [-0.3, -0.25) is 0 Å². The average Bonchev–Trinajstić information content (AvgIpc) is 2.85. The number of halogens is 1. The van der Waals surface area contributed by atoms with Crippen molar-refractivity contribution in [2.24, 2.45) is 5.92 Å². The van der Waals surface area contributed by atoms with Crippen LogP contribution in [0.4, 0.5) is 10.5 Å². The van der Waals surface area contributed by atoms with Gasteiger partial charge in [0.1, 0.15) is 0 Å². The summed E-state index contributed by atoms with van der Waals surface area (Å²) in [6.45, 7) is 0. The normalized spacial score (nSPS) is 16.1. The van der Waals surface area contributed by atoms with E-state index in [1.165, 1.54) is 25.7 Å². The third-order valence-corrected chi connectivity index (χ3v) is 3.29. The molecule has 0 spiro atoms. The minimum atomic E-state index is -0.306. The SMILES string of the molecule is O=C(N/C=C/C1CCCC1)Nc1cccnc1Cl. The molecule has 96 valence electrons. The topological polar surface area (TPSA) is 54.0 Å². The number of carbonyl (C=O) groups excluding carboxylic acids is 1. The zero-order chi connectivity index (χ0) is 12.8. The summed E-state index contributed by atoms with van der Waals surface area (Å²) in [6.07, 6.45) is 10.3. The van der Waals surface area contributed by atoms with Crippen molar-refractivity contribution in [2.45, 2.75) is 25.7 Å². The molecule has 1 fully saturated rings. The van der Waals surface area contributed by atoms with Gasteiger partial charge >= 0.3 is 6.03 Å². The summed E-state index contributed by atoms with van der Waals surface area (Å²) in [5, 5.41) is 5.59. The quantitative estimate of drug-likeness (QED) is 0.821. The standard InChI is InChI=1S/C13H16ClN3O/c14-12-11(6-3-8-15-12)17-13(18)16-9-7-10-4-1-2-5-10/h3,6-10H,1-2,4-5H2,(H2,16,17,18)/b9-7+. The molecule has 2 amide bonds. The van der Waals surface area contributed by atoms with Crippen molar-refractivity contribution >= 4 is 23.3 Å². The highest BCUT2D eigenvalue weighted by Gasteiger charge is 2.11. The Balaban J connectivity index is 1.80. The van der Waals surface area contributed by atoms with E-state index in [0.29, 0.717) is 11.6 Å². The predicted octanol–water partition coefficient (Wildman–Crippen LogP) is 3.56. The number of nitrogens with zero attached hydrogens (tertiary/aromatic N) is 1. The highest BCUT2D eigenvalue weighted by molar-refractivity contribution is 6.32. The Labute approximate surface area is 111 Å². The molecular weight excluding hydrogens is 250 g/mol. The van der Waals surface area contributed by atoms with Gasteiger partial charge in [-0.1, -0.05) is 30.5 Å². The Kier molecular flexibility index (Phi) is 4.59. The predicted molar refractivity (Wildman–Crippen MR) is 72.5 cm³/mol. The fraction of sp³-hybridized carbons (Fsp3) is 0.385. The van der Waals surface area contributed by atoms with Crippen molar-refractivity contribution in [1.82, 2.24) is 10.3 Å². The first-order chi connectivity index (χ1) is 8.75. The molecule has 0 saturated heterocycles. The molecule has 1 aliphatic carbocycles. The Hall–Kier alpha value is -1.55. The second kappa shape index (κ2) is 6.40. The van der Waals surface area contributed by atoms with E-state index < -0.39 is 0 Å². The molecule has 1 aromatic heterocycles. The van der Waals surface area contributed by atoms with E-state index in [4.69, 9.17) is 11.6 Å². The second-order valence-corrected chi connectivity index (χ2v) is 4.70. The van der Waals surface area contributed by atoms with Crippen molar-refractivity contribution < 1.29 is 4.79 Å². The molecule has 1 aromatic rings. The van der Waals surface area contributed by atoms with Gasteiger partial charge in [0.25, 0.3) is 0 Å². The molecule has 0 aromatic carbocycles. The van der Waals surface area contributed by atoms with Crippen molar-refractivity contribution in [3.8, 4) is 0 Å². The van der Waals surface area contributed by atoms with Gasteiger partial charge in [-0.15, -0.1) is 0 Å². The number of carbonyl (C=O) groups is 1. The molecule has 0 aliphatic heterocycles. The molecular formula is C13H16ClN3O. The van der Waals surface area contributed by atoms with Crippen LogP contribution in [0.3, 0.4) is 0 Å². The van der Waals surface area contributed by atoms with E-state index in [2.05, 4.69) is 21.7 Å². The summed E-state index contributed by atoms with van der Waals surface area (Å²) in [5.74, 6) is 0.604. The molecule has 2 rings (SSSR count). The van der Waals surface area contributed by atoms with Gasteiger partial charge in [-0.2, -0.15) is 0 Å². The van der Waals surface area contributed by atoms with E-state index in [1.807, 2.05) is 0 Å². The van der Waals surface area contributed by atoms with E-state index in [-0.39, 0.29) is 11.2 Å². The first-order valence-corrected chi connectivity index (χ1v) is 6.48. The maximum Gasteiger partial charge on any atom is 0.323 e. The van der Waals surface area contributed by atoms with Crippen LogP contribution in [0.15, 0.2) is 30.6 Å². The second-order valence-electron chi connectivity index (χ2n) is 4.34. The molecule has 5 heteroatoms. The van der Waals surface area contributed by atoms with E-state index in [9.17, 15) is 4.79 Å². The Morgan fingerprint density at radius 1 is 1.44 bits per heavy atom. The molecule has 0 bridgehead atoms. The number of allylic oxidation sites excluding steroid dienone is 1. The Bertz CT molecular complexity index is 442. The first kappa shape index (κ1) is 12.9. The highest BCUT2D eigenvalue weighted by atomic mass is 35.5. The van der Waals surface area contributed by atoms with Crippen molar-refractivity contribution in [3.63, 3.8) is 0 Å². The Morgan fingerprint density at radius 3 is 2.94 bits per heavy atom. The van der Waals surface area contributed by atoms with Crippen molar-refractivity contribution in [3.05, 3.63) is 35.8 Å². The van der Waals surface area contributed by atoms with Crippen LogP contribution in [-0.4, -0.2) is 11.0 Å². The summed E-state index contributed by atoms with van der Waals surface area (Å²) in [6, 6.07) is 3.12. The van der Waals surface area contributed by atoms with Crippen LogP contribution in [0.2, 0.25) is 5.15 Å². The molecule has 4 nitrogen and oxygen atoms in total. The van der Waals surface area contributed by atoms with E-state index in [1.54, 1.807) is 24.5 Å². The minimum Gasteiger partial charge on any atom is -0.315 e. The number of anilines is 1. The van der Waals surface area contributed by atoms with Gasteiger partial charge in [0, 0.05) is 12.4 Å². The lowest BCUT2D eigenvalue weighted by atomic mass is 10.1. The van der Waals surface area contributed by atoms with Gasteiger partial charge < -0.3 is 10.6 Å². The maximum atomic E-state index is 11.6. The van der Waals surface area contributed by atoms with Crippen LogP contribution in [0.25, 0.3) is 0 Å². The molecule has 18 heavy (non-hydrogen) atoms. The van der Waals surface area contributed by atoms with Crippen LogP contribution < -0.4 is 10.6 Å². The lowest BCUT2D eigenvalue weighted by Gasteiger charge is -2.06. The highest BCUT2D eigenvalue weighted by Crippen LogP contribution is 2.25. The maximum absolute atomic E-state index is 11.6. The first-order valence-electron chi connectivity index (χ1n) is 6.10. The third kappa shape index (κ3) is 3.74. The number of hydrogen-bond acceptors (Lipinski definition) is 2. The van der Waals surface area contributed by atoms with E-state index >= 15 is 0 Å². The number of aromatic nitrogens is 1. The van der Waals surface area contributed by atoms with Crippen LogP contribution in [0.5, 0.6) is 0 Å². The lowest BCUT2D eigenvalue weighted by molar-refractivity contribution is 0.255. The summed E-state index contributed by atoms with van der Waals surface area (Å²) < 4.78 is 0. The molecule has 1 heterocycles. The average molecular weight is 266 g/mol. The van der Waals surface area contributed by atoms with Crippen molar-refractivity contribution in [1.29, 1.82) is 0 Å². The Morgan fingerprint density at radius 2 is 2.22 bits per heavy atom. The molecule has 0 unspecified atom stereocenters. The molecule has 2 N–H and O–H groups in total. The molecule has 0 radical (unpaired) electrons. The largest absolute Gasteiger partial charge is 0.323 e. The van der Waals surface area contributed by atoms with Crippen LogP contribution >= 0.6 is 11.6 Å². The number of rotatable bonds is 3. The zero-order valence-corrected chi connectivity index (χ0v) is 10.8. The molecule has 1 saturated carbocycles. The van der Waals surface area contributed by atoms with Crippen LogP contribution in [0, 0.1) is 5.92 Å². The number of pyridine rings is 1. The van der Waals surface area contributed by atoms with Gasteiger partial charge in [0.2, 0.25) is 0 Å². The summed E-state index contributed by atoms with van der Waals surface area (Å²) in [4.78, 5) is 15.5. The number of nitrogens with one attached hydrogen (secondary N) is 2. The smallest absolute Gasteiger partial charge is 0.315 e. The van der Waals surface area contributed by atoms with Gasteiger partial charge in [0.05, 0.1) is 5.69 Å². The monoisotopic (exact) mass is 265 g/mol. The van der Waals surface area contributed by atoms with Crippen molar-refractivity contribution in [2.75, 3.05) is 5.32 Å². The molecule has 0 atom stereocenters. The number of amides is 2. The number of hydrogen-bond donors (Lipinski definition) is 2. The van der Waals surface area contributed by atoms with E-state index in [0.717, 1.165) is 0 Å². The van der Waals surface area contributed by atoms with Gasteiger partial charge in [0.15, 0.2) is 5.15 Å². The lowest BCUT2D eigenvalue weighted by Crippen LogP contribution is -2.24. The number of urea groups is 1. The van der Waals surface area contributed by atoms with Gasteiger partial charge in [-0.05, 0) is 30.9 Å². The van der Waals surface area contributed by atoms with Crippen LogP contribution in [-0.2, 0) is 0 Å². The summed E-state index contributed by atoms with van der Waals surface area (Å²) >= 11 is 5.83. The van der Waals surface area contributed by atoms with Crippen LogP contribution in [0.1, 0.15) is 25.7 Å². The fourth-order valence-electron chi connectivity index (χ4n) is 2.05. The summed E-state index contributed by atoms with van der Waals surface area (Å²) in [5.41, 5.74) is 0.505. The third-order valence-electron chi connectivity index (χ3n) is 2.99. The minimum absolute atomic E-state index is 0.285.